The van der Waals surface area contributed by atoms with Gasteiger partial charge in [0.15, 0.2) is 0 Å². The summed E-state index contributed by atoms with van der Waals surface area (Å²) in [7, 11) is -3.32. The molecule has 1 rings (SSSR count). The summed E-state index contributed by atoms with van der Waals surface area (Å²) in [6.45, 7) is 2.25. The summed E-state index contributed by atoms with van der Waals surface area (Å²) in [5, 5.41) is 5.48. The van der Waals surface area contributed by atoms with E-state index in [9.17, 15) is 18.0 Å². The van der Waals surface area contributed by atoms with Crippen LogP contribution in [0.3, 0.4) is 0 Å². The molecule has 0 unspecified atom stereocenters. The van der Waals surface area contributed by atoms with Gasteiger partial charge in [0.05, 0.1) is 16.8 Å². The molecule has 0 saturated heterocycles. The minimum Gasteiger partial charge on any atom is -0.352 e. The lowest BCUT2D eigenvalue weighted by Gasteiger charge is -2.09. The van der Waals surface area contributed by atoms with Crippen LogP contribution in [-0.4, -0.2) is 39.6 Å². The molecular formula is C13H18ClN3O4S. The summed E-state index contributed by atoms with van der Waals surface area (Å²) in [5.74, 6) is -0.706. The molecule has 0 spiro atoms. The lowest BCUT2D eigenvalue weighted by atomic mass is 10.2. The number of sulfonamides is 1. The van der Waals surface area contributed by atoms with Crippen molar-refractivity contribution in [1.82, 2.24) is 10.0 Å². The number of halogens is 1. The first-order chi connectivity index (χ1) is 10.2. The summed E-state index contributed by atoms with van der Waals surface area (Å²) in [6, 6.07) is 4.54. The van der Waals surface area contributed by atoms with Crippen molar-refractivity contribution in [2.24, 2.45) is 0 Å². The summed E-state index contributed by atoms with van der Waals surface area (Å²) in [4.78, 5) is 23.5. The maximum Gasteiger partial charge on any atom is 0.252 e. The van der Waals surface area contributed by atoms with Crippen molar-refractivity contribution in [3.8, 4) is 0 Å². The van der Waals surface area contributed by atoms with E-state index in [1.807, 2.05) is 0 Å². The summed E-state index contributed by atoms with van der Waals surface area (Å²) >= 11 is 5.95. The molecule has 0 aliphatic rings. The van der Waals surface area contributed by atoms with Gasteiger partial charge in [0.25, 0.3) is 5.91 Å². The topological polar surface area (TPSA) is 104 Å². The van der Waals surface area contributed by atoms with E-state index >= 15 is 0 Å². The van der Waals surface area contributed by atoms with Crippen molar-refractivity contribution in [2.45, 2.75) is 13.3 Å². The van der Waals surface area contributed by atoms with E-state index in [0.29, 0.717) is 12.2 Å². The normalized spacial score (nSPS) is 11.0. The monoisotopic (exact) mass is 347 g/mol. The average molecular weight is 348 g/mol. The predicted molar refractivity (Wildman–Crippen MR) is 85.6 cm³/mol. The van der Waals surface area contributed by atoms with E-state index in [1.54, 1.807) is 13.0 Å². The second-order valence-corrected chi connectivity index (χ2v) is 6.76. The Labute approximate surface area is 134 Å². The minimum atomic E-state index is -3.32. The molecule has 0 radical (unpaired) electrons. The molecule has 1 aromatic rings. The molecule has 1 aromatic carbocycles. The van der Waals surface area contributed by atoms with Gasteiger partial charge in [-0.3, -0.25) is 9.59 Å². The van der Waals surface area contributed by atoms with Crippen LogP contribution in [0.1, 0.15) is 23.7 Å². The number of hydrogen-bond acceptors (Lipinski definition) is 4. The number of nitrogens with one attached hydrogen (secondary N) is 3. The Hall–Kier alpha value is -1.64. The third kappa shape index (κ3) is 6.42. The standard InChI is InChI=1S/C13H18ClN3O4S/c1-3-15-13(19)10-8-9(4-5-11(10)14)17-12(18)6-7-16-22(2,20)21/h4-5,8,16H,3,6-7H2,1-2H3,(H,15,19)(H,17,18). The van der Waals surface area contributed by atoms with Crippen molar-refractivity contribution in [1.29, 1.82) is 0 Å². The number of hydrogen-bond donors (Lipinski definition) is 3. The van der Waals surface area contributed by atoms with Gasteiger partial charge in [-0.15, -0.1) is 0 Å². The molecule has 22 heavy (non-hydrogen) atoms. The van der Waals surface area contributed by atoms with Gasteiger partial charge in [0.2, 0.25) is 15.9 Å². The number of amides is 2. The molecule has 3 N–H and O–H groups in total. The number of benzene rings is 1. The molecule has 0 fully saturated rings. The first-order valence-electron chi connectivity index (χ1n) is 6.55. The molecule has 2 amide bonds. The second kappa shape index (κ2) is 8.11. The molecule has 0 aliphatic heterocycles. The van der Waals surface area contributed by atoms with Crippen molar-refractivity contribution < 1.29 is 18.0 Å². The van der Waals surface area contributed by atoms with Crippen LogP contribution >= 0.6 is 11.6 Å². The summed E-state index contributed by atoms with van der Waals surface area (Å²) in [5.41, 5.74) is 0.672. The Balaban J connectivity index is 2.68. The maximum absolute atomic E-state index is 11.8. The van der Waals surface area contributed by atoms with Gasteiger partial charge >= 0.3 is 0 Å². The highest BCUT2D eigenvalue weighted by Gasteiger charge is 2.12. The Morgan fingerprint density at radius 3 is 2.55 bits per heavy atom. The lowest BCUT2D eigenvalue weighted by Crippen LogP contribution is -2.26. The zero-order valence-corrected chi connectivity index (χ0v) is 13.8. The Kier molecular flexibility index (Phi) is 6.79. The molecule has 0 aliphatic carbocycles. The van der Waals surface area contributed by atoms with Crippen LogP contribution in [0, 0.1) is 0 Å². The lowest BCUT2D eigenvalue weighted by molar-refractivity contribution is -0.116. The Morgan fingerprint density at radius 1 is 1.27 bits per heavy atom. The number of carbonyl (C=O) groups is 2. The van der Waals surface area contributed by atoms with E-state index in [0.717, 1.165) is 6.26 Å². The van der Waals surface area contributed by atoms with Crippen LogP contribution in [0.2, 0.25) is 5.02 Å². The zero-order chi connectivity index (χ0) is 16.8. The molecule has 9 heteroatoms. The minimum absolute atomic E-state index is 0.00142. The van der Waals surface area contributed by atoms with Crippen molar-refractivity contribution >= 4 is 39.1 Å². The first-order valence-corrected chi connectivity index (χ1v) is 8.82. The molecule has 0 atom stereocenters. The SMILES string of the molecule is CCNC(=O)c1cc(NC(=O)CCNS(C)(=O)=O)ccc1Cl. The van der Waals surface area contributed by atoms with E-state index < -0.39 is 10.0 Å². The van der Waals surface area contributed by atoms with Crippen LogP contribution in [0.5, 0.6) is 0 Å². The van der Waals surface area contributed by atoms with Crippen molar-refractivity contribution in [2.75, 3.05) is 24.7 Å². The summed E-state index contributed by atoms with van der Waals surface area (Å²) < 4.78 is 24.0. The van der Waals surface area contributed by atoms with E-state index in [1.165, 1.54) is 12.1 Å². The van der Waals surface area contributed by atoms with Crippen LogP contribution < -0.4 is 15.4 Å². The van der Waals surface area contributed by atoms with E-state index in [2.05, 4.69) is 15.4 Å². The van der Waals surface area contributed by atoms with Crippen LogP contribution in [-0.2, 0) is 14.8 Å². The van der Waals surface area contributed by atoms with Gasteiger partial charge in [-0.1, -0.05) is 11.6 Å². The fourth-order valence-corrected chi connectivity index (χ4v) is 2.28. The Morgan fingerprint density at radius 2 is 1.95 bits per heavy atom. The van der Waals surface area contributed by atoms with Crippen LogP contribution in [0.25, 0.3) is 0 Å². The number of carbonyl (C=O) groups excluding carboxylic acids is 2. The second-order valence-electron chi connectivity index (χ2n) is 4.52. The highest BCUT2D eigenvalue weighted by molar-refractivity contribution is 7.88. The van der Waals surface area contributed by atoms with Crippen molar-refractivity contribution in [3.05, 3.63) is 28.8 Å². The molecule has 0 saturated carbocycles. The van der Waals surface area contributed by atoms with Gasteiger partial charge < -0.3 is 10.6 Å². The summed E-state index contributed by atoms with van der Waals surface area (Å²) in [6.07, 6.45) is 0.995. The molecule has 0 heterocycles. The molecular weight excluding hydrogens is 330 g/mol. The fraction of sp³-hybridized carbons (Fsp3) is 0.385. The van der Waals surface area contributed by atoms with Gasteiger partial charge in [-0.2, -0.15) is 0 Å². The fourth-order valence-electron chi connectivity index (χ4n) is 1.61. The predicted octanol–water partition coefficient (Wildman–Crippen LogP) is 0.968. The molecule has 7 nitrogen and oxygen atoms in total. The van der Waals surface area contributed by atoms with E-state index in [4.69, 9.17) is 11.6 Å². The van der Waals surface area contributed by atoms with Gasteiger partial charge in [-0.05, 0) is 25.1 Å². The van der Waals surface area contributed by atoms with Gasteiger partial charge in [0.1, 0.15) is 0 Å². The third-order valence-corrected chi connectivity index (χ3v) is 3.61. The molecule has 0 aromatic heterocycles. The van der Waals surface area contributed by atoms with Crippen molar-refractivity contribution in [3.63, 3.8) is 0 Å². The van der Waals surface area contributed by atoms with Gasteiger partial charge in [-0.25, -0.2) is 13.1 Å². The first kappa shape index (κ1) is 18.4. The van der Waals surface area contributed by atoms with Gasteiger partial charge in [0, 0.05) is 25.2 Å². The Bertz CT molecular complexity index is 661. The quantitative estimate of drug-likeness (QED) is 0.683. The van der Waals surface area contributed by atoms with E-state index in [-0.39, 0.29) is 35.4 Å². The smallest absolute Gasteiger partial charge is 0.252 e. The number of rotatable bonds is 7. The highest BCUT2D eigenvalue weighted by Crippen LogP contribution is 2.20. The highest BCUT2D eigenvalue weighted by atomic mass is 35.5. The molecule has 122 valence electrons. The number of anilines is 1. The largest absolute Gasteiger partial charge is 0.352 e. The van der Waals surface area contributed by atoms with Crippen LogP contribution in [0.4, 0.5) is 5.69 Å². The average Bonchev–Trinajstić information content (AvgIpc) is 2.39. The third-order valence-electron chi connectivity index (χ3n) is 2.55. The van der Waals surface area contributed by atoms with Crippen LogP contribution in [0.15, 0.2) is 18.2 Å². The zero-order valence-electron chi connectivity index (χ0n) is 12.3. The molecule has 0 bridgehead atoms. The maximum atomic E-state index is 11.8.